The van der Waals surface area contributed by atoms with Crippen LogP contribution in [0.2, 0.25) is 0 Å². The fraction of sp³-hybridized carbons (Fsp3) is 0.375. The molecule has 0 unspecified atom stereocenters. The minimum absolute atomic E-state index is 0.200. The van der Waals surface area contributed by atoms with Crippen molar-refractivity contribution < 1.29 is 28.6 Å². The lowest BCUT2D eigenvalue weighted by atomic mass is 10.1. The van der Waals surface area contributed by atoms with Gasteiger partial charge in [-0.3, -0.25) is 9.59 Å². The molecule has 2 rings (SSSR count). The summed E-state index contributed by atoms with van der Waals surface area (Å²) >= 11 is 0. The van der Waals surface area contributed by atoms with Crippen LogP contribution in [0.1, 0.15) is 31.9 Å². The molecule has 0 saturated carbocycles. The van der Waals surface area contributed by atoms with Crippen LogP contribution < -0.4 is 15.4 Å². The Bertz CT molecular complexity index is 891. The van der Waals surface area contributed by atoms with Crippen LogP contribution in [0.25, 0.3) is 0 Å². The summed E-state index contributed by atoms with van der Waals surface area (Å²) in [5.41, 5.74) is 1.14. The van der Waals surface area contributed by atoms with Gasteiger partial charge < -0.3 is 24.8 Å². The van der Waals surface area contributed by atoms with E-state index in [0.29, 0.717) is 12.4 Å². The zero-order valence-electron chi connectivity index (χ0n) is 18.8. The van der Waals surface area contributed by atoms with E-state index < -0.39 is 29.6 Å². The molecular formula is C24H30N2O6. The third-order valence-electron chi connectivity index (χ3n) is 4.25. The van der Waals surface area contributed by atoms with Gasteiger partial charge in [0.15, 0.2) is 0 Å². The highest BCUT2D eigenvalue weighted by atomic mass is 16.6. The first-order valence-corrected chi connectivity index (χ1v) is 10.3. The first-order chi connectivity index (χ1) is 15.2. The van der Waals surface area contributed by atoms with Gasteiger partial charge in [-0.2, -0.15) is 0 Å². The van der Waals surface area contributed by atoms with Gasteiger partial charge in [0, 0.05) is 6.42 Å². The van der Waals surface area contributed by atoms with E-state index in [9.17, 15) is 14.4 Å². The predicted octanol–water partition coefficient (Wildman–Crippen LogP) is 2.99. The van der Waals surface area contributed by atoms with Gasteiger partial charge in [-0.1, -0.05) is 42.5 Å². The second-order valence-electron chi connectivity index (χ2n) is 8.12. The zero-order valence-corrected chi connectivity index (χ0v) is 18.8. The topological polar surface area (TPSA) is 103 Å². The van der Waals surface area contributed by atoms with Crippen LogP contribution in [0.5, 0.6) is 5.75 Å². The SMILES string of the molecule is COC(=O)CNC(=O)[C@H](Cc1ccc(OCc2ccccc2)cc1)NC(=O)OC(C)(C)C. The van der Waals surface area contributed by atoms with E-state index in [1.165, 1.54) is 7.11 Å². The van der Waals surface area contributed by atoms with Gasteiger partial charge in [-0.15, -0.1) is 0 Å². The molecular weight excluding hydrogens is 412 g/mol. The second-order valence-corrected chi connectivity index (χ2v) is 8.12. The van der Waals surface area contributed by atoms with Crippen molar-refractivity contribution in [2.24, 2.45) is 0 Å². The summed E-state index contributed by atoms with van der Waals surface area (Å²) < 4.78 is 15.6. The number of rotatable bonds is 9. The van der Waals surface area contributed by atoms with Crippen LogP contribution in [0, 0.1) is 0 Å². The van der Waals surface area contributed by atoms with E-state index in [1.807, 2.05) is 42.5 Å². The maximum absolute atomic E-state index is 12.6. The van der Waals surface area contributed by atoms with Crippen LogP contribution in [0.15, 0.2) is 54.6 Å². The van der Waals surface area contributed by atoms with Gasteiger partial charge in [0.25, 0.3) is 0 Å². The number of esters is 1. The zero-order chi connectivity index (χ0) is 23.6. The van der Waals surface area contributed by atoms with Gasteiger partial charge in [0.2, 0.25) is 5.91 Å². The number of carbonyl (C=O) groups excluding carboxylic acids is 3. The average molecular weight is 443 g/mol. The van der Waals surface area contributed by atoms with Gasteiger partial charge in [0.1, 0.15) is 30.5 Å². The largest absolute Gasteiger partial charge is 0.489 e. The van der Waals surface area contributed by atoms with Crippen molar-refractivity contribution in [3.05, 3.63) is 65.7 Å². The predicted molar refractivity (Wildman–Crippen MR) is 119 cm³/mol. The fourth-order valence-corrected chi connectivity index (χ4v) is 2.71. The van der Waals surface area contributed by atoms with Gasteiger partial charge >= 0.3 is 12.1 Å². The molecule has 0 aliphatic rings. The summed E-state index contributed by atoms with van der Waals surface area (Å²) in [4.78, 5) is 36.1. The van der Waals surface area contributed by atoms with Crippen molar-refractivity contribution >= 4 is 18.0 Å². The molecule has 0 aliphatic heterocycles. The molecule has 0 heterocycles. The molecule has 0 spiro atoms. The van der Waals surface area contributed by atoms with E-state index >= 15 is 0 Å². The Kier molecular flexibility index (Phi) is 9.07. The Balaban J connectivity index is 2.02. The molecule has 172 valence electrons. The molecule has 0 saturated heterocycles. The molecule has 8 nitrogen and oxygen atoms in total. The molecule has 1 atom stereocenters. The first-order valence-electron chi connectivity index (χ1n) is 10.3. The van der Waals surface area contributed by atoms with Crippen LogP contribution >= 0.6 is 0 Å². The Labute approximate surface area is 188 Å². The third-order valence-corrected chi connectivity index (χ3v) is 4.25. The standard InChI is InChI=1S/C24H30N2O6/c1-24(2,3)32-23(29)26-20(22(28)25-15-21(27)30-4)14-17-10-12-19(13-11-17)31-16-18-8-6-5-7-9-18/h5-13,20H,14-16H2,1-4H3,(H,25,28)(H,26,29)/t20-/m0/s1. The lowest BCUT2D eigenvalue weighted by molar-refractivity contribution is -0.141. The third kappa shape index (κ3) is 9.07. The van der Waals surface area contributed by atoms with Crippen LogP contribution in [-0.4, -0.2) is 43.3 Å². The number of nitrogens with one attached hydrogen (secondary N) is 2. The van der Waals surface area contributed by atoms with Crippen molar-refractivity contribution in [2.75, 3.05) is 13.7 Å². The Morgan fingerprint density at radius 3 is 2.19 bits per heavy atom. The Hall–Kier alpha value is -3.55. The molecule has 2 N–H and O–H groups in total. The maximum atomic E-state index is 12.6. The van der Waals surface area contributed by atoms with Crippen molar-refractivity contribution in [1.82, 2.24) is 10.6 Å². The average Bonchev–Trinajstić information content (AvgIpc) is 2.75. The van der Waals surface area contributed by atoms with Crippen molar-refractivity contribution in [2.45, 2.75) is 45.4 Å². The number of benzene rings is 2. The van der Waals surface area contributed by atoms with Gasteiger partial charge in [-0.05, 0) is 44.0 Å². The smallest absolute Gasteiger partial charge is 0.408 e. The lowest BCUT2D eigenvalue weighted by Crippen LogP contribution is -2.50. The van der Waals surface area contributed by atoms with E-state index in [0.717, 1.165) is 11.1 Å². The van der Waals surface area contributed by atoms with Crippen LogP contribution in [0.3, 0.4) is 0 Å². The monoisotopic (exact) mass is 442 g/mol. The summed E-state index contributed by atoms with van der Waals surface area (Å²) in [7, 11) is 1.23. The quantitative estimate of drug-likeness (QED) is 0.579. The first kappa shape index (κ1) is 24.7. The normalized spacial score (nSPS) is 11.8. The number of amides is 2. The van der Waals surface area contributed by atoms with E-state index in [4.69, 9.17) is 9.47 Å². The highest BCUT2D eigenvalue weighted by molar-refractivity contribution is 5.88. The van der Waals surface area contributed by atoms with Crippen molar-refractivity contribution in [1.29, 1.82) is 0 Å². The summed E-state index contributed by atoms with van der Waals surface area (Å²) in [5, 5.41) is 5.03. The van der Waals surface area contributed by atoms with Crippen molar-refractivity contribution in [3.8, 4) is 5.75 Å². The number of ether oxygens (including phenoxy) is 3. The summed E-state index contributed by atoms with van der Waals surface area (Å²) in [5.74, 6) is -0.427. The molecule has 32 heavy (non-hydrogen) atoms. The summed E-state index contributed by atoms with van der Waals surface area (Å²) in [6, 6.07) is 16.1. The van der Waals surface area contributed by atoms with E-state index in [-0.39, 0.29) is 13.0 Å². The number of carbonyl (C=O) groups is 3. The fourth-order valence-electron chi connectivity index (χ4n) is 2.71. The number of hydrogen-bond donors (Lipinski definition) is 2. The van der Waals surface area contributed by atoms with E-state index in [1.54, 1.807) is 32.9 Å². The molecule has 0 aromatic heterocycles. The van der Waals surface area contributed by atoms with Gasteiger partial charge in [-0.25, -0.2) is 4.79 Å². The minimum Gasteiger partial charge on any atom is -0.489 e. The summed E-state index contributed by atoms with van der Waals surface area (Å²) in [6.07, 6.45) is -0.524. The van der Waals surface area contributed by atoms with Crippen LogP contribution in [0.4, 0.5) is 4.79 Å². The highest BCUT2D eigenvalue weighted by Gasteiger charge is 2.25. The number of hydrogen-bond acceptors (Lipinski definition) is 6. The molecule has 2 amide bonds. The maximum Gasteiger partial charge on any atom is 0.408 e. The van der Waals surface area contributed by atoms with Crippen LogP contribution in [-0.2, 0) is 32.1 Å². The summed E-state index contributed by atoms with van der Waals surface area (Å²) in [6.45, 7) is 5.33. The van der Waals surface area contributed by atoms with E-state index in [2.05, 4.69) is 15.4 Å². The Morgan fingerprint density at radius 1 is 0.938 bits per heavy atom. The molecule has 8 heteroatoms. The molecule has 0 radical (unpaired) electrons. The Morgan fingerprint density at radius 2 is 1.59 bits per heavy atom. The molecule has 2 aromatic carbocycles. The van der Waals surface area contributed by atoms with Crippen molar-refractivity contribution in [3.63, 3.8) is 0 Å². The molecule has 2 aromatic rings. The number of alkyl carbamates (subject to hydrolysis) is 1. The highest BCUT2D eigenvalue weighted by Crippen LogP contribution is 2.16. The lowest BCUT2D eigenvalue weighted by Gasteiger charge is -2.23. The minimum atomic E-state index is -0.939. The van der Waals surface area contributed by atoms with Gasteiger partial charge in [0.05, 0.1) is 7.11 Å². The second kappa shape index (κ2) is 11.7. The molecule has 0 bridgehead atoms. The number of methoxy groups -OCH3 is 1. The molecule has 0 aliphatic carbocycles. The molecule has 0 fully saturated rings.